The molecule has 34 heavy (non-hydrogen) atoms. The fraction of sp³-hybridized carbons (Fsp3) is 0.654. The molecule has 1 heterocycles. The van der Waals surface area contributed by atoms with E-state index in [1.54, 1.807) is 20.8 Å². The molecule has 0 bridgehead atoms. The molecule has 3 rings (SSSR count). The summed E-state index contributed by atoms with van der Waals surface area (Å²) in [5.41, 5.74) is 11.9. The monoisotopic (exact) mass is 473 g/mol. The first-order valence-electron chi connectivity index (χ1n) is 12.3. The van der Waals surface area contributed by atoms with Crippen LogP contribution < -0.4 is 11.5 Å². The lowest BCUT2D eigenvalue weighted by Crippen LogP contribution is -2.47. The molecule has 1 aromatic rings. The van der Waals surface area contributed by atoms with Gasteiger partial charge in [-0.1, -0.05) is 36.8 Å². The van der Waals surface area contributed by atoms with Crippen molar-refractivity contribution in [3.8, 4) is 0 Å². The number of hydrogen-bond acceptors (Lipinski definition) is 7. The molecule has 0 radical (unpaired) electrons. The number of ether oxygens (including phenoxy) is 2. The molecule has 188 valence electrons. The number of Topliss-reactive ketones (excluding diaryl/α,β-unsaturated/α-hetero) is 1. The largest absolute Gasteiger partial charge is 0.458 e. The number of likely N-dealkylation sites (tertiary alicyclic amines) is 1. The SMILES string of the molecule is CC(C)(C)OC(=O)[C@@H]1C[C@@H]2CC(C(=O)[C@@H](N)CCCCN)C[C@@H]2N1C(=O)OCc1ccccc1. The van der Waals surface area contributed by atoms with Crippen LogP contribution >= 0.6 is 0 Å². The Hall–Kier alpha value is -2.45. The smallest absolute Gasteiger partial charge is 0.411 e. The molecule has 0 aromatic heterocycles. The Morgan fingerprint density at radius 3 is 2.44 bits per heavy atom. The van der Waals surface area contributed by atoms with Crippen LogP contribution in [-0.2, 0) is 25.7 Å². The minimum Gasteiger partial charge on any atom is -0.458 e. The van der Waals surface area contributed by atoms with Crippen molar-refractivity contribution in [2.24, 2.45) is 23.3 Å². The van der Waals surface area contributed by atoms with Gasteiger partial charge in [-0.3, -0.25) is 9.69 Å². The van der Waals surface area contributed by atoms with Crippen molar-refractivity contribution >= 4 is 17.8 Å². The molecule has 1 amide bonds. The molecule has 8 nitrogen and oxygen atoms in total. The number of nitrogens with two attached hydrogens (primary N) is 2. The molecule has 2 fully saturated rings. The molecular formula is C26H39N3O5. The highest BCUT2D eigenvalue weighted by Gasteiger charge is 2.54. The minimum atomic E-state index is -0.716. The molecule has 4 N–H and O–H groups in total. The van der Waals surface area contributed by atoms with E-state index in [-0.39, 0.29) is 30.3 Å². The van der Waals surface area contributed by atoms with E-state index in [2.05, 4.69) is 0 Å². The molecule has 1 aliphatic carbocycles. The zero-order valence-electron chi connectivity index (χ0n) is 20.6. The zero-order chi connectivity index (χ0) is 24.9. The second kappa shape index (κ2) is 11.3. The average molecular weight is 474 g/mol. The summed E-state index contributed by atoms with van der Waals surface area (Å²) < 4.78 is 11.2. The molecule has 1 aliphatic heterocycles. The Kier molecular flexibility index (Phi) is 8.71. The molecule has 1 unspecified atom stereocenters. The number of fused-ring (bicyclic) bond motifs is 1. The summed E-state index contributed by atoms with van der Waals surface area (Å²) in [4.78, 5) is 40.7. The van der Waals surface area contributed by atoms with Gasteiger partial charge in [0.1, 0.15) is 18.2 Å². The van der Waals surface area contributed by atoms with Gasteiger partial charge < -0.3 is 20.9 Å². The maximum absolute atomic E-state index is 13.2. The van der Waals surface area contributed by atoms with E-state index >= 15 is 0 Å². The van der Waals surface area contributed by atoms with Gasteiger partial charge in [0, 0.05) is 12.0 Å². The lowest BCUT2D eigenvalue weighted by molar-refractivity contribution is -0.160. The third kappa shape index (κ3) is 6.57. The summed E-state index contributed by atoms with van der Waals surface area (Å²) in [7, 11) is 0. The summed E-state index contributed by atoms with van der Waals surface area (Å²) in [5, 5.41) is 0. The molecule has 8 heteroatoms. The number of hydrogen-bond donors (Lipinski definition) is 2. The van der Waals surface area contributed by atoms with E-state index in [0.717, 1.165) is 18.4 Å². The van der Waals surface area contributed by atoms with Crippen molar-refractivity contribution in [2.75, 3.05) is 6.54 Å². The lowest BCUT2D eigenvalue weighted by Gasteiger charge is -2.30. The van der Waals surface area contributed by atoms with E-state index in [4.69, 9.17) is 20.9 Å². The number of nitrogens with zero attached hydrogens (tertiary/aromatic N) is 1. The van der Waals surface area contributed by atoms with Crippen LogP contribution in [0.5, 0.6) is 0 Å². The molecule has 1 aromatic carbocycles. The van der Waals surface area contributed by atoms with Crippen molar-refractivity contribution in [3.63, 3.8) is 0 Å². The van der Waals surface area contributed by atoms with Crippen molar-refractivity contribution in [1.82, 2.24) is 4.90 Å². The van der Waals surface area contributed by atoms with Gasteiger partial charge in [0.2, 0.25) is 0 Å². The maximum Gasteiger partial charge on any atom is 0.411 e. The third-order valence-corrected chi connectivity index (χ3v) is 6.71. The summed E-state index contributed by atoms with van der Waals surface area (Å²) in [6.07, 6.45) is 3.31. The Labute approximate surface area is 202 Å². The number of carbonyl (C=O) groups is 3. The highest BCUT2D eigenvalue weighted by molar-refractivity contribution is 5.87. The fourth-order valence-electron chi connectivity index (χ4n) is 5.15. The fourth-order valence-corrected chi connectivity index (χ4v) is 5.15. The number of benzene rings is 1. The van der Waals surface area contributed by atoms with E-state index in [9.17, 15) is 14.4 Å². The summed E-state index contributed by atoms with van der Waals surface area (Å²) in [6, 6.07) is 7.92. The second-order valence-electron chi connectivity index (χ2n) is 10.5. The Balaban J connectivity index is 1.71. The number of ketones is 1. The lowest BCUT2D eigenvalue weighted by atomic mass is 9.91. The highest BCUT2D eigenvalue weighted by Crippen LogP contribution is 2.45. The summed E-state index contributed by atoms with van der Waals surface area (Å²) in [6.45, 7) is 6.11. The van der Waals surface area contributed by atoms with Crippen molar-refractivity contribution in [2.45, 2.75) is 89.6 Å². The Morgan fingerprint density at radius 2 is 1.79 bits per heavy atom. The number of rotatable bonds is 9. The molecule has 1 saturated carbocycles. The number of amides is 1. The van der Waals surface area contributed by atoms with E-state index in [1.807, 2.05) is 30.3 Å². The second-order valence-corrected chi connectivity index (χ2v) is 10.5. The van der Waals surface area contributed by atoms with E-state index in [0.29, 0.717) is 32.2 Å². The predicted octanol–water partition coefficient (Wildman–Crippen LogP) is 3.16. The molecule has 0 spiro atoms. The first-order valence-corrected chi connectivity index (χ1v) is 12.3. The first kappa shape index (κ1) is 26.2. The van der Waals surface area contributed by atoms with Gasteiger partial charge in [-0.2, -0.15) is 0 Å². The molecule has 5 atom stereocenters. The van der Waals surface area contributed by atoms with Crippen LogP contribution in [0.25, 0.3) is 0 Å². The van der Waals surface area contributed by atoms with Crippen LogP contribution in [-0.4, -0.2) is 53.0 Å². The topological polar surface area (TPSA) is 125 Å². The van der Waals surface area contributed by atoms with Crippen molar-refractivity contribution in [3.05, 3.63) is 35.9 Å². The van der Waals surface area contributed by atoms with Gasteiger partial charge in [0.25, 0.3) is 0 Å². The Bertz CT molecular complexity index is 854. The van der Waals surface area contributed by atoms with Gasteiger partial charge in [0.05, 0.1) is 6.04 Å². The molecule has 1 saturated heterocycles. The number of carbonyl (C=O) groups excluding carboxylic acids is 3. The van der Waals surface area contributed by atoms with Crippen molar-refractivity contribution in [1.29, 1.82) is 0 Å². The van der Waals surface area contributed by atoms with Gasteiger partial charge in [-0.05, 0) is 70.9 Å². The van der Waals surface area contributed by atoms with Crippen LogP contribution in [0.15, 0.2) is 30.3 Å². The van der Waals surface area contributed by atoms with E-state index in [1.165, 1.54) is 4.90 Å². The highest BCUT2D eigenvalue weighted by atomic mass is 16.6. The van der Waals surface area contributed by atoms with Crippen LogP contribution in [0.1, 0.15) is 64.9 Å². The maximum atomic E-state index is 13.2. The van der Waals surface area contributed by atoms with Crippen LogP contribution in [0.4, 0.5) is 4.79 Å². The van der Waals surface area contributed by atoms with Crippen molar-refractivity contribution < 1.29 is 23.9 Å². The number of unbranched alkanes of at least 4 members (excludes halogenated alkanes) is 1. The zero-order valence-corrected chi connectivity index (χ0v) is 20.6. The third-order valence-electron chi connectivity index (χ3n) is 6.71. The quantitative estimate of drug-likeness (QED) is 0.417. The normalized spacial score (nSPS) is 25.0. The van der Waals surface area contributed by atoms with Gasteiger partial charge in [-0.15, -0.1) is 0 Å². The standard InChI is InChI=1S/C26H39N3O5/c1-26(2,3)34-24(31)22-14-18-13-19(23(30)20(28)11-7-8-12-27)15-21(18)29(22)25(32)33-16-17-9-5-4-6-10-17/h4-6,9-10,18-22H,7-8,11-16,27-28H2,1-3H3/t18-,19?,20-,21-,22-/m0/s1. The van der Waals surface area contributed by atoms with Crippen LogP contribution in [0.2, 0.25) is 0 Å². The number of esters is 1. The first-order chi connectivity index (χ1) is 16.1. The van der Waals surface area contributed by atoms with Gasteiger partial charge in [0.15, 0.2) is 5.78 Å². The summed E-state index contributed by atoms with van der Waals surface area (Å²) in [5.74, 6) is -0.573. The van der Waals surface area contributed by atoms with Crippen LogP contribution in [0.3, 0.4) is 0 Å². The molecular weight excluding hydrogens is 434 g/mol. The summed E-state index contributed by atoms with van der Waals surface area (Å²) >= 11 is 0. The van der Waals surface area contributed by atoms with Crippen LogP contribution in [0, 0.1) is 11.8 Å². The van der Waals surface area contributed by atoms with Gasteiger partial charge in [-0.25, -0.2) is 9.59 Å². The average Bonchev–Trinajstić information content (AvgIpc) is 3.35. The minimum absolute atomic E-state index is 0.0342. The Morgan fingerprint density at radius 1 is 1.09 bits per heavy atom. The predicted molar refractivity (Wildman–Crippen MR) is 129 cm³/mol. The van der Waals surface area contributed by atoms with E-state index < -0.39 is 29.7 Å². The molecule has 2 aliphatic rings. The van der Waals surface area contributed by atoms with Gasteiger partial charge >= 0.3 is 12.1 Å².